The second-order valence-electron chi connectivity index (χ2n) is 3.05. The lowest BCUT2D eigenvalue weighted by molar-refractivity contribution is 0.145. The molecule has 0 saturated heterocycles. The van der Waals surface area contributed by atoms with Crippen LogP contribution in [0, 0.1) is 0 Å². The molecular formula is C9H12NO4P. The molecule has 1 aromatic carbocycles. The van der Waals surface area contributed by atoms with Gasteiger partial charge in [0, 0.05) is 6.66 Å². The Kier molecular flexibility index (Phi) is 3.88. The van der Waals surface area contributed by atoms with Gasteiger partial charge in [0.25, 0.3) is 7.52 Å². The number of carbonyl (C=O) groups excluding carboxylic acids is 1. The third kappa shape index (κ3) is 5.20. The van der Waals surface area contributed by atoms with Crippen molar-refractivity contribution in [3.05, 3.63) is 35.9 Å². The minimum Gasteiger partial charge on any atom is -0.444 e. The summed E-state index contributed by atoms with van der Waals surface area (Å²) in [5.74, 6) is 0. The first-order chi connectivity index (χ1) is 6.97. The SMILES string of the molecule is CP(=O)(O)NC(=O)OCc1ccccc1. The van der Waals surface area contributed by atoms with E-state index in [4.69, 9.17) is 9.63 Å². The van der Waals surface area contributed by atoms with E-state index >= 15 is 0 Å². The van der Waals surface area contributed by atoms with Crippen molar-refractivity contribution in [2.24, 2.45) is 0 Å². The number of amides is 1. The zero-order valence-electron chi connectivity index (χ0n) is 8.21. The molecule has 0 aromatic heterocycles. The fourth-order valence-corrected chi connectivity index (χ4v) is 1.33. The van der Waals surface area contributed by atoms with Crippen LogP contribution in [0.5, 0.6) is 0 Å². The van der Waals surface area contributed by atoms with E-state index in [2.05, 4.69) is 0 Å². The maximum atomic E-state index is 11.0. The van der Waals surface area contributed by atoms with E-state index in [0.717, 1.165) is 12.2 Å². The number of rotatable bonds is 3. The molecule has 15 heavy (non-hydrogen) atoms. The average molecular weight is 229 g/mol. The van der Waals surface area contributed by atoms with Crippen LogP contribution in [0.25, 0.3) is 0 Å². The monoisotopic (exact) mass is 229 g/mol. The van der Waals surface area contributed by atoms with Gasteiger partial charge in [-0.05, 0) is 5.56 Å². The minimum atomic E-state index is -3.57. The molecule has 2 N–H and O–H groups in total. The van der Waals surface area contributed by atoms with Gasteiger partial charge in [-0.15, -0.1) is 0 Å². The Labute approximate surface area is 87.6 Å². The van der Waals surface area contributed by atoms with Gasteiger partial charge >= 0.3 is 6.09 Å². The van der Waals surface area contributed by atoms with Crippen molar-refractivity contribution in [3.8, 4) is 0 Å². The molecule has 0 radical (unpaired) electrons. The van der Waals surface area contributed by atoms with Gasteiger partial charge < -0.3 is 9.63 Å². The highest BCUT2D eigenvalue weighted by Crippen LogP contribution is 2.28. The highest BCUT2D eigenvalue weighted by atomic mass is 31.2. The Morgan fingerprint density at radius 3 is 2.60 bits per heavy atom. The van der Waals surface area contributed by atoms with Gasteiger partial charge in [0.15, 0.2) is 0 Å². The summed E-state index contributed by atoms with van der Waals surface area (Å²) in [7, 11) is -3.57. The van der Waals surface area contributed by atoms with Crippen LogP contribution in [0.2, 0.25) is 0 Å². The van der Waals surface area contributed by atoms with E-state index in [-0.39, 0.29) is 6.61 Å². The van der Waals surface area contributed by atoms with Crippen molar-refractivity contribution >= 4 is 13.6 Å². The predicted molar refractivity (Wildman–Crippen MR) is 55.5 cm³/mol. The Hall–Kier alpha value is -1.32. The summed E-state index contributed by atoms with van der Waals surface area (Å²) >= 11 is 0. The van der Waals surface area contributed by atoms with Gasteiger partial charge in [-0.3, -0.25) is 9.65 Å². The molecule has 0 heterocycles. The molecule has 1 aromatic rings. The topological polar surface area (TPSA) is 75.6 Å². The molecular weight excluding hydrogens is 217 g/mol. The highest BCUT2D eigenvalue weighted by molar-refractivity contribution is 7.55. The summed E-state index contributed by atoms with van der Waals surface area (Å²) in [5.41, 5.74) is 0.816. The molecule has 82 valence electrons. The number of hydrogen-bond donors (Lipinski definition) is 2. The molecule has 1 unspecified atom stereocenters. The third-order valence-corrected chi connectivity index (χ3v) is 2.11. The third-order valence-electron chi connectivity index (χ3n) is 1.51. The first kappa shape index (κ1) is 11.8. The number of ether oxygens (including phenoxy) is 1. The van der Waals surface area contributed by atoms with Gasteiger partial charge in [-0.2, -0.15) is 0 Å². The molecule has 0 saturated carbocycles. The molecule has 1 rings (SSSR count). The molecule has 0 spiro atoms. The number of hydrogen-bond acceptors (Lipinski definition) is 3. The average Bonchev–Trinajstić information content (AvgIpc) is 2.14. The zero-order valence-corrected chi connectivity index (χ0v) is 9.11. The van der Waals surface area contributed by atoms with Crippen LogP contribution in [0.15, 0.2) is 30.3 Å². The normalized spacial score (nSPS) is 14.0. The molecule has 5 nitrogen and oxygen atoms in total. The summed E-state index contributed by atoms with van der Waals surface area (Å²) in [6, 6.07) is 9.05. The minimum absolute atomic E-state index is 0.0761. The van der Waals surface area contributed by atoms with Gasteiger partial charge in [0.2, 0.25) is 0 Å². The van der Waals surface area contributed by atoms with Crippen molar-refractivity contribution in [2.45, 2.75) is 6.61 Å². The van der Waals surface area contributed by atoms with Gasteiger partial charge in [0.1, 0.15) is 6.61 Å². The van der Waals surface area contributed by atoms with E-state index in [1.54, 1.807) is 12.1 Å². The van der Waals surface area contributed by atoms with Crippen molar-refractivity contribution in [1.29, 1.82) is 0 Å². The van der Waals surface area contributed by atoms with E-state index in [1.807, 2.05) is 23.3 Å². The fourth-order valence-electron chi connectivity index (χ4n) is 0.925. The number of benzene rings is 1. The maximum Gasteiger partial charge on any atom is 0.414 e. The van der Waals surface area contributed by atoms with Gasteiger partial charge in [-0.1, -0.05) is 30.3 Å². The zero-order chi connectivity index (χ0) is 11.3. The molecule has 0 aliphatic heterocycles. The largest absolute Gasteiger partial charge is 0.444 e. The standard InChI is InChI=1S/C9H12NO4P/c1-15(12,13)10-9(11)14-7-8-5-3-2-4-6-8/h2-6H,7H2,1H3,(H2,10,11,12,13). The summed E-state index contributed by atoms with van der Waals surface area (Å²) in [6.45, 7) is 1.10. The van der Waals surface area contributed by atoms with E-state index < -0.39 is 13.6 Å². The molecule has 0 bridgehead atoms. The summed E-state index contributed by atoms with van der Waals surface area (Å²) in [6.07, 6.45) is -0.896. The van der Waals surface area contributed by atoms with Crippen LogP contribution in [-0.2, 0) is 15.9 Å². The molecule has 0 aliphatic rings. The Morgan fingerprint density at radius 2 is 2.07 bits per heavy atom. The summed E-state index contributed by atoms with van der Waals surface area (Å²) in [5, 5.41) is 1.84. The van der Waals surface area contributed by atoms with Crippen LogP contribution in [0.1, 0.15) is 5.56 Å². The van der Waals surface area contributed by atoms with Crippen molar-refractivity contribution in [1.82, 2.24) is 5.09 Å². The highest BCUT2D eigenvalue weighted by Gasteiger charge is 2.14. The maximum absolute atomic E-state index is 11.0. The van der Waals surface area contributed by atoms with Crippen molar-refractivity contribution in [2.75, 3.05) is 6.66 Å². The fraction of sp³-hybridized carbons (Fsp3) is 0.222. The summed E-state index contributed by atoms with van der Waals surface area (Å²) in [4.78, 5) is 19.8. The first-order valence-corrected chi connectivity index (χ1v) is 6.37. The van der Waals surface area contributed by atoms with Crippen molar-refractivity contribution in [3.63, 3.8) is 0 Å². The quantitative estimate of drug-likeness (QED) is 0.774. The summed E-state index contributed by atoms with van der Waals surface area (Å²) < 4.78 is 15.5. The van der Waals surface area contributed by atoms with E-state index in [9.17, 15) is 9.36 Å². The molecule has 1 atom stereocenters. The Balaban J connectivity index is 2.39. The van der Waals surface area contributed by atoms with Crippen LogP contribution in [0.3, 0.4) is 0 Å². The lowest BCUT2D eigenvalue weighted by Crippen LogP contribution is -2.20. The molecule has 1 amide bonds. The Bertz CT molecular complexity index is 373. The van der Waals surface area contributed by atoms with Crippen LogP contribution < -0.4 is 5.09 Å². The van der Waals surface area contributed by atoms with Gasteiger partial charge in [0.05, 0.1) is 0 Å². The van der Waals surface area contributed by atoms with Crippen LogP contribution in [0.4, 0.5) is 4.79 Å². The Morgan fingerprint density at radius 1 is 1.47 bits per heavy atom. The first-order valence-electron chi connectivity index (χ1n) is 4.26. The van der Waals surface area contributed by atoms with Crippen molar-refractivity contribution < 1.29 is 19.0 Å². The second kappa shape index (κ2) is 4.96. The lowest BCUT2D eigenvalue weighted by atomic mass is 10.2. The molecule has 0 aliphatic carbocycles. The van der Waals surface area contributed by atoms with E-state index in [1.165, 1.54) is 0 Å². The van der Waals surface area contributed by atoms with Crippen LogP contribution >= 0.6 is 7.52 Å². The second-order valence-corrected chi connectivity index (χ2v) is 5.03. The predicted octanol–water partition coefficient (Wildman–Crippen LogP) is 1.73. The lowest BCUT2D eigenvalue weighted by Gasteiger charge is -2.08. The molecule has 6 heteroatoms. The van der Waals surface area contributed by atoms with Crippen LogP contribution in [-0.4, -0.2) is 17.7 Å². The van der Waals surface area contributed by atoms with E-state index in [0.29, 0.717) is 0 Å². The van der Waals surface area contributed by atoms with Gasteiger partial charge in [-0.25, -0.2) is 4.79 Å². The molecule has 0 fully saturated rings. The number of carbonyl (C=O) groups is 1. The smallest absolute Gasteiger partial charge is 0.414 e. The number of nitrogens with one attached hydrogen (secondary N) is 1.